The predicted octanol–water partition coefficient (Wildman–Crippen LogP) is 4.54. The number of nitrogens with zero attached hydrogens (tertiary/aromatic N) is 1. The Morgan fingerprint density at radius 3 is 2.76 bits per heavy atom. The van der Waals surface area contributed by atoms with Crippen LogP contribution in [0, 0.1) is 11.6 Å². The highest BCUT2D eigenvalue weighted by atomic mass is 19.1. The van der Waals surface area contributed by atoms with Gasteiger partial charge in [-0.25, -0.2) is 8.78 Å². The van der Waals surface area contributed by atoms with Crippen molar-refractivity contribution in [1.82, 2.24) is 9.88 Å². The van der Waals surface area contributed by atoms with E-state index < -0.39 is 18.3 Å². The molecule has 0 aliphatic carbocycles. The minimum Gasteiger partial charge on any atom is -0.493 e. The summed E-state index contributed by atoms with van der Waals surface area (Å²) in [5, 5.41) is 3.71. The van der Waals surface area contributed by atoms with Gasteiger partial charge in [0.1, 0.15) is 5.75 Å². The van der Waals surface area contributed by atoms with Crippen LogP contribution in [0.25, 0.3) is 10.9 Å². The fraction of sp³-hybridized carbons (Fsp3) is 0.364. The molecule has 1 N–H and O–H groups in total. The normalized spacial score (nSPS) is 11.2. The van der Waals surface area contributed by atoms with E-state index in [4.69, 9.17) is 9.47 Å². The van der Waals surface area contributed by atoms with E-state index in [-0.39, 0.29) is 5.75 Å². The Morgan fingerprint density at radius 2 is 2.00 bits per heavy atom. The molecule has 3 aromatic rings. The molecular formula is C22H25F3N2O2. The van der Waals surface area contributed by atoms with Crippen molar-refractivity contribution in [2.24, 2.45) is 7.05 Å². The third-order valence-corrected chi connectivity index (χ3v) is 4.76. The monoisotopic (exact) mass is 406 g/mol. The van der Waals surface area contributed by atoms with Crippen LogP contribution in [0.4, 0.5) is 13.2 Å². The van der Waals surface area contributed by atoms with E-state index >= 15 is 0 Å². The molecular weight excluding hydrogens is 381 g/mol. The number of hydrogen-bond donors (Lipinski definition) is 1. The van der Waals surface area contributed by atoms with Gasteiger partial charge in [0.05, 0.1) is 25.9 Å². The van der Waals surface area contributed by atoms with Gasteiger partial charge < -0.3 is 19.4 Å². The summed E-state index contributed by atoms with van der Waals surface area (Å²) < 4.78 is 52.9. The zero-order valence-corrected chi connectivity index (χ0v) is 16.6. The minimum absolute atomic E-state index is 0.351. The summed E-state index contributed by atoms with van der Waals surface area (Å²) >= 11 is 0. The number of alkyl halides is 1. The molecule has 0 aliphatic heterocycles. The quantitative estimate of drug-likeness (QED) is 0.502. The first-order valence-corrected chi connectivity index (χ1v) is 9.53. The van der Waals surface area contributed by atoms with E-state index in [1.54, 1.807) is 11.6 Å². The second kappa shape index (κ2) is 9.69. The number of nitrogens with one attached hydrogen (secondary N) is 1. The average Bonchev–Trinajstić information content (AvgIpc) is 3.02. The van der Waals surface area contributed by atoms with Crippen LogP contribution in [0.1, 0.15) is 17.5 Å². The molecule has 0 saturated carbocycles. The van der Waals surface area contributed by atoms with Gasteiger partial charge in [0, 0.05) is 37.7 Å². The van der Waals surface area contributed by atoms with Gasteiger partial charge in [-0.1, -0.05) is 12.1 Å². The molecule has 0 atom stereocenters. The Balaban J connectivity index is 1.63. The van der Waals surface area contributed by atoms with Crippen molar-refractivity contribution in [3.05, 3.63) is 59.3 Å². The molecule has 1 heterocycles. The zero-order valence-electron chi connectivity index (χ0n) is 16.6. The van der Waals surface area contributed by atoms with E-state index in [0.29, 0.717) is 49.2 Å². The summed E-state index contributed by atoms with van der Waals surface area (Å²) in [5.74, 6) is -1.03. The fourth-order valence-electron chi connectivity index (χ4n) is 3.36. The molecule has 3 rings (SSSR count). The van der Waals surface area contributed by atoms with Gasteiger partial charge in [-0.15, -0.1) is 0 Å². The average molecular weight is 406 g/mol. The lowest BCUT2D eigenvalue weighted by Crippen LogP contribution is -2.16. The maximum atomic E-state index is 14.7. The number of hydrogen-bond acceptors (Lipinski definition) is 3. The van der Waals surface area contributed by atoms with Crippen LogP contribution in [-0.2, 0) is 20.0 Å². The molecule has 1 aromatic heterocycles. The molecule has 0 radical (unpaired) electrons. The first kappa shape index (κ1) is 21.0. The Hall–Kier alpha value is -2.67. The number of methoxy groups -OCH3 is 1. The number of aryl methyl sites for hydroxylation is 1. The van der Waals surface area contributed by atoms with Crippen molar-refractivity contribution in [3.8, 4) is 11.5 Å². The molecule has 4 nitrogen and oxygen atoms in total. The lowest BCUT2D eigenvalue weighted by Gasteiger charge is -2.09. The molecule has 2 aromatic carbocycles. The second-order valence-corrected chi connectivity index (χ2v) is 6.83. The van der Waals surface area contributed by atoms with E-state index in [0.717, 1.165) is 11.1 Å². The van der Waals surface area contributed by atoms with Crippen molar-refractivity contribution in [1.29, 1.82) is 0 Å². The highest BCUT2D eigenvalue weighted by Crippen LogP contribution is 2.32. The van der Waals surface area contributed by atoms with Crippen LogP contribution in [0.15, 0.2) is 36.5 Å². The van der Waals surface area contributed by atoms with Gasteiger partial charge in [0.2, 0.25) is 0 Å². The number of fused-ring (bicyclic) bond motifs is 1. The topological polar surface area (TPSA) is 35.4 Å². The first-order valence-electron chi connectivity index (χ1n) is 9.53. The predicted molar refractivity (Wildman–Crippen MR) is 107 cm³/mol. The minimum atomic E-state index is -0.711. The fourth-order valence-corrected chi connectivity index (χ4v) is 3.36. The third kappa shape index (κ3) is 4.85. The first-order chi connectivity index (χ1) is 14.0. The van der Waals surface area contributed by atoms with Crippen LogP contribution in [0.3, 0.4) is 0 Å². The van der Waals surface area contributed by atoms with E-state index in [9.17, 15) is 13.2 Å². The van der Waals surface area contributed by atoms with Crippen LogP contribution in [0.2, 0.25) is 0 Å². The Kier molecular flexibility index (Phi) is 7.04. The summed E-state index contributed by atoms with van der Waals surface area (Å²) in [7, 11) is 3.02. The van der Waals surface area contributed by atoms with E-state index in [1.807, 2.05) is 30.5 Å². The van der Waals surface area contributed by atoms with Crippen LogP contribution in [-0.4, -0.2) is 31.5 Å². The summed E-state index contributed by atoms with van der Waals surface area (Å²) in [5.41, 5.74) is 2.32. The van der Waals surface area contributed by atoms with Gasteiger partial charge >= 0.3 is 0 Å². The number of benzene rings is 2. The van der Waals surface area contributed by atoms with Crippen molar-refractivity contribution >= 4 is 10.9 Å². The summed E-state index contributed by atoms with van der Waals surface area (Å²) in [4.78, 5) is 0. The molecule has 0 saturated heterocycles. The van der Waals surface area contributed by atoms with Gasteiger partial charge in [0.25, 0.3) is 0 Å². The van der Waals surface area contributed by atoms with Crippen LogP contribution < -0.4 is 14.8 Å². The molecule has 0 spiro atoms. The number of halogens is 3. The number of rotatable bonds is 10. The highest BCUT2D eigenvalue weighted by molar-refractivity contribution is 5.86. The Morgan fingerprint density at radius 1 is 1.17 bits per heavy atom. The summed E-state index contributed by atoms with van der Waals surface area (Å²) in [6, 6.07) is 8.91. The standard InChI is InChI=1S/C22H25F3N2O2/c1-27-14-16(20-19(27)12-18(24)22(28-2)21(20)25)7-9-26-13-15-5-3-6-17(11-15)29-10-4-8-23/h3,5-6,11-12,14,26H,4,7-10,13H2,1-2H3. The maximum absolute atomic E-state index is 14.7. The van der Waals surface area contributed by atoms with Crippen molar-refractivity contribution in [2.45, 2.75) is 19.4 Å². The highest BCUT2D eigenvalue weighted by Gasteiger charge is 2.19. The molecule has 0 amide bonds. The Labute approximate surface area is 168 Å². The summed E-state index contributed by atoms with van der Waals surface area (Å²) in [6.45, 7) is 1.19. The lowest BCUT2D eigenvalue weighted by molar-refractivity contribution is 0.289. The number of aromatic nitrogens is 1. The van der Waals surface area contributed by atoms with Crippen LogP contribution in [0.5, 0.6) is 11.5 Å². The molecule has 0 fully saturated rings. The van der Waals surface area contributed by atoms with E-state index in [2.05, 4.69) is 5.32 Å². The van der Waals surface area contributed by atoms with Crippen molar-refractivity contribution in [3.63, 3.8) is 0 Å². The maximum Gasteiger partial charge on any atom is 0.191 e. The summed E-state index contributed by atoms with van der Waals surface area (Å²) in [6.07, 6.45) is 2.77. The Bertz CT molecular complexity index is 972. The van der Waals surface area contributed by atoms with Crippen molar-refractivity contribution in [2.75, 3.05) is 26.9 Å². The molecule has 0 bridgehead atoms. The van der Waals surface area contributed by atoms with Gasteiger partial charge in [-0.3, -0.25) is 4.39 Å². The van der Waals surface area contributed by atoms with Crippen molar-refractivity contribution < 1.29 is 22.6 Å². The lowest BCUT2D eigenvalue weighted by atomic mass is 10.1. The van der Waals surface area contributed by atoms with Crippen LogP contribution >= 0.6 is 0 Å². The molecule has 0 aliphatic rings. The zero-order chi connectivity index (χ0) is 20.8. The van der Waals surface area contributed by atoms with Gasteiger partial charge in [-0.2, -0.15) is 0 Å². The second-order valence-electron chi connectivity index (χ2n) is 6.83. The van der Waals surface area contributed by atoms with Gasteiger partial charge in [-0.05, 0) is 36.2 Å². The SMILES string of the molecule is COc1c(F)cc2c(c(CCNCc3cccc(OCCCF)c3)cn2C)c1F. The smallest absolute Gasteiger partial charge is 0.191 e. The third-order valence-electron chi connectivity index (χ3n) is 4.76. The molecule has 0 unspecified atom stereocenters. The largest absolute Gasteiger partial charge is 0.493 e. The molecule has 156 valence electrons. The van der Waals surface area contributed by atoms with E-state index in [1.165, 1.54) is 13.2 Å². The molecule has 29 heavy (non-hydrogen) atoms. The molecule has 7 heteroatoms. The number of ether oxygens (including phenoxy) is 2. The van der Waals surface area contributed by atoms with Gasteiger partial charge in [0.15, 0.2) is 17.4 Å².